The minimum absolute atomic E-state index is 0.0317. The van der Waals surface area contributed by atoms with Crippen LogP contribution in [0.25, 0.3) is 0 Å². The van der Waals surface area contributed by atoms with Gasteiger partial charge in [-0.25, -0.2) is 4.79 Å². The van der Waals surface area contributed by atoms with Gasteiger partial charge < -0.3 is 14.2 Å². The summed E-state index contributed by atoms with van der Waals surface area (Å²) in [5, 5.41) is 0. The third-order valence-corrected chi connectivity index (χ3v) is 6.01. The summed E-state index contributed by atoms with van der Waals surface area (Å²) in [6.45, 7) is 12.1. The van der Waals surface area contributed by atoms with E-state index in [0.717, 1.165) is 29.6 Å². The molecule has 0 aliphatic carbocycles. The Hall–Kier alpha value is -3.21. The summed E-state index contributed by atoms with van der Waals surface area (Å²) < 4.78 is 17.2. The average Bonchev–Trinajstić information content (AvgIpc) is 2.92. The molecule has 0 N–H and O–H groups in total. The van der Waals surface area contributed by atoms with E-state index in [1.165, 1.54) is 5.56 Å². The Morgan fingerprint density at radius 3 is 2.13 bits per heavy atom. The SMILES string of the molecule is CCOC(=O)/C(C)=C/[C@@H](C)CCC(/C=C/C(C)=C/C(C)=C/COCc1ccccc1)OCc1ccccc1. The maximum absolute atomic E-state index is 11.9. The highest BCUT2D eigenvalue weighted by Crippen LogP contribution is 2.17. The van der Waals surface area contributed by atoms with E-state index in [2.05, 4.69) is 69.3 Å². The van der Waals surface area contributed by atoms with Crippen molar-refractivity contribution in [3.63, 3.8) is 0 Å². The lowest BCUT2D eigenvalue weighted by molar-refractivity contribution is -0.138. The zero-order valence-electron chi connectivity index (χ0n) is 23.7. The summed E-state index contributed by atoms with van der Waals surface area (Å²) in [4.78, 5) is 11.9. The minimum atomic E-state index is -0.245. The highest BCUT2D eigenvalue weighted by atomic mass is 16.5. The number of carbonyl (C=O) groups is 1. The number of ether oxygens (including phenoxy) is 3. The zero-order valence-corrected chi connectivity index (χ0v) is 23.7. The molecule has 2 aromatic rings. The molecule has 1 unspecified atom stereocenters. The molecule has 0 aliphatic heterocycles. The molecule has 2 rings (SSSR count). The van der Waals surface area contributed by atoms with Gasteiger partial charge in [-0.3, -0.25) is 0 Å². The van der Waals surface area contributed by atoms with Crippen molar-refractivity contribution in [1.82, 2.24) is 0 Å². The van der Waals surface area contributed by atoms with Crippen LogP contribution in [0.3, 0.4) is 0 Å². The summed E-state index contributed by atoms with van der Waals surface area (Å²) >= 11 is 0. The highest BCUT2D eigenvalue weighted by Gasteiger charge is 2.11. The Morgan fingerprint density at radius 1 is 0.868 bits per heavy atom. The number of benzene rings is 2. The van der Waals surface area contributed by atoms with Crippen molar-refractivity contribution in [3.05, 3.63) is 119 Å². The van der Waals surface area contributed by atoms with Crippen molar-refractivity contribution in [2.45, 2.75) is 66.8 Å². The van der Waals surface area contributed by atoms with Gasteiger partial charge in [-0.15, -0.1) is 0 Å². The first-order valence-corrected chi connectivity index (χ1v) is 13.5. The Kier molecular flexibility index (Phi) is 14.8. The van der Waals surface area contributed by atoms with Gasteiger partial charge in [0.2, 0.25) is 0 Å². The second-order valence-electron chi connectivity index (χ2n) is 9.66. The van der Waals surface area contributed by atoms with Crippen LogP contribution < -0.4 is 0 Å². The zero-order chi connectivity index (χ0) is 27.6. The van der Waals surface area contributed by atoms with Crippen molar-refractivity contribution in [3.8, 4) is 0 Å². The van der Waals surface area contributed by atoms with Crippen LogP contribution in [0.2, 0.25) is 0 Å². The topological polar surface area (TPSA) is 44.8 Å². The normalized spacial score (nSPS) is 14.5. The van der Waals surface area contributed by atoms with Gasteiger partial charge >= 0.3 is 5.97 Å². The van der Waals surface area contributed by atoms with Gasteiger partial charge in [0.25, 0.3) is 0 Å². The van der Waals surface area contributed by atoms with Gasteiger partial charge in [-0.05, 0) is 57.6 Å². The van der Waals surface area contributed by atoms with Crippen molar-refractivity contribution < 1.29 is 19.0 Å². The van der Waals surface area contributed by atoms with Crippen LogP contribution in [0.4, 0.5) is 0 Å². The first-order valence-electron chi connectivity index (χ1n) is 13.5. The Bertz CT molecular complexity index is 1060. The average molecular weight is 517 g/mol. The molecular weight excluding hydrogens is 472 g/mol. The van der Waals surface area contributed by atoms with E-state index in [1.807, 2.05) is 56.3 Å². The highest BCUT2D eigenvalue weighted by molar-refractivity contribution is 5.87. The molecule has 38 heavy (non-hydrogen) atoms. The molecule has 0 spiro atoms. The molecular formula is C34H44O4. The van der Waals surface area contributed by atoms with E-state index in [1.54, 1.807) is 0 Å². The Labute approximate surface area is 229 Å². The minimum Gasteiger partial charge on any atom is -0.463 e. The molecule has 0 amide bonds. The van der Waals surface area contributed by atoms with Crippen LogP contribution in [-0.4, -0.2) is 25.3 Å². The first-order chi connectivity index (χ1) is 18.4. The fourth-order valence-electron chi connectivity index (χ4n) is 3.93. The molecule has 4 nitrogen and oxygen atoms in total. The quantitative estimate of drug-likeness (QED) is 0.0977. The summed E-state index contributed by atoms with van der Waals surface area (Å²) in [6, 6.07) is 20.4. The Morgan fingerprint density at radius 2 is 1.50 bits per heavy atom. The van der Waals surface area contributed by atoms with Crippen LogP contribution in [0, 0.1) is 5.92 Å². The predicted molar refractivity (Wildman–Crippen MR) is 157 cm³/mol. The standard InChI is InChI=1S/C34H44O4/c1-6-37-34(35)30(5)24-28(3)18-20-33(38-26-32-15-11-8-12-16-32)19-17-27(2)23-29(4)21-22-36-25-31-13-9-7-10-14-31/h7-17,19,21,23-24,28,33H,6,18,20,22,25-26H2,1-5H3/b19-17+,27-23+,29-21+,30-24+/t28-,33?/m0/s1. The maximum atomic E-state index is 11.9. The van der Waals surface area contributed by atoms with Crippen molar-refractivity contribution in [2.24, 2.45) is 5.92 Å². The van der Waals surface area contributed by atoms with Gasteiger partial charge in [-0.1, -0.05) is 109 Å². The van der Waals surface area contributed by atoms with Gasteiger partial charge in [0.15, 0.2) is 0 Å². The second kappa shape index (κ2) is 18.1. The smallest absolute Gasteiger partial charge is 0.333 e. The van der Waals surface area contributed by atoms with E-state index in [0.29, 0.717) is 32.0 Å². The lowest BCUT2D eigenvalue weighted by Gasteiger charge is -2.17. The summed E-state index contributed by atoms with van der Waals surface area (Å²) in [5.41, 5.74) is 5.30. The van der Waals surface area contributed by atoms with E-state index in [4.69, 9.17) is 14.2 Å². The molecule has 0 saturated heterocycles. The molecule has 0 fully saturated rings. The van der Waals surface area contributed by atoms with E-state index in [9.17, 15) is 4.79 Å². The fourth-order valence-corrected chi connectivity index (χ4v) is 3.93. The van der Waals surface area contributed by atoms with Crippen LogP contribution in [0.1, 0.15) is 58.6 Å². The maximum Gasteiger partial charge on any atom is 0.333 e. The molecule has 0 bridgehead atoms. The van der Waals surface area contributed by atoms with Gasteiger partial charge in [-0.2, -0.15) is 0 Å². The number of rotatable bonds is 16. The molecule has 204 valence electrons. The van der Waals surface area contributed by atoms with Gasteiger partial charge in [0.1, 0.15) is 0 Å². The Balaban J connectivity index is 1.95. The van der Waals surface area contributed by atoms with E-state index < -0.39 is 0 Å². The number of hydrogen-bond donors (Lipinski definition) is 0. The fraction of sp³-hybridized carbons (Fsp3) is 0.382. The molecule has 2 aromatic carbocycles. The molecule has 4 heteroatoms. The number of hydrogen-bond acceptors (Lipinski definition) is 4. The third-order valence-electron chi connectivity index (χ3n) is 6.01. The molecule has 2 atom stereocenters. The molecule has 0 heterocycles. The predicted octanol–water partition coefficient (Wildman–Crippen LogP) is 8.16. The van der Waals surface area contributed by atoms with Crippen molar-refractivity contribution in [2.75, 3.05) is 13.2 Å². The number of carbonyl (C=O) groups excluding carboxylic acids is 1. The molecule has 0 saturated carbocycles. The lowest BCUT2D eigenvalue weighted by Crippen LogP contribution is -2.12. The lowest BCUT2D eigenvalue weighted by atomic mass is 9.99. The molecule has 0 radical (unpaired) electrons. The first kappa shape index (κ1) is 31.0. The third kappa shape index (κ3) is 13.4. The summed E-state index contributed by atoms with van der Waals surface area (Å²) in [7, 11) is 0. The van der Waals surface area contributed by atoms with Gasteiger partial charge in [0.05, 0.1) is 32.5 Å². The van der Waals surface area contributed by atoms with E-state index in [-0.39, 0.29) is 18.0 Å². The number of allylic oxidation sites excluding steroid dienone is 5. The van der Waals surface area contributed by atoms with Crippen LogP contribution in [0.15, 0.2) is 108 Å². The summed E-state index contributed by atoms with van der Waals surface area (Å²) in [5.74, 6) is -0.000824. The van der Waals surface area contributed by atoms with Crippen LogP contribution in [0.5, 0.6) is 0 Å². The number of esters is 1. The summed E-state index contributed by atoms with van der Waals surface area (Å²) in [6.07, 6.45) is 12.2. The van der Waals surface area contributed by atoms with Gasteiger partial charge in [0, 0.05) is 5.57 Å². The van der Waals surface area contributed by atoms with Crippen molar-refractivity contribution >= 4 is 5.97 Å². The van der Waals surface area contributed by atoms with E-state index >= 15 is 0 Å². The molecule has 0 aliphatic rings. The monoisotopic (exact) mass is 516 g/mol. The second-order valence-corrected chi connectivity index (χ2v) is 9.66. The molecule has 0 aromatic heterocycles. The van der Waals surface area contributed by atoms with Crippen molar-refractivity contribution in [1.29, 1.82) is 0 Å². The van der Waals surface area contributed by atoms with Crippen LogP contribution in [-0.2, 0) is 32.2 Å². The van der Waals surface area contributed by atoms with Crippen LogP contribution >= 0.6 is 0 Å². The largest absolute Gasteiger partial charge is 0.463 e.